The van der Waals surface area contributed by atoms with Gasteiger partial charge in [-0.3, -0.25) is 4.68 Å². The average molecular weight is 279 g/mol. The van der Waals surface area contributed by atoms with Crippen LogP contribution in [0, 0.1) is 18.6 Å². The maximum Gasteiger partial charge on any atom is 0.134 e. The van der Waals surface area contributed by atoms with Gasteiger partial charge in [-0.05, 0) is 38.1 Å². The number of hydrogen-bond acceptors (Lipinski definition) is 2. The van der Waals surface area contributed by atoms with Crippen molar-refractivity contribution in [2.75, 3.05) is 7.05 Å². The highest BCUT2D eigenvalue weighted by Crippen LogP contribution is 2.28. The predicted molar refractivity (Wildman–Crippen MR) is 74.5 cm³/mol. The van der Waals surface area contributed by atoms with Gasteiger partial charge in [0.1, 0.15) is 11.6 Å². The number of nitrogens with one attached hydrogen (secondary N) is 1. The molecule has 1 aromatic carbocycles. The first-order valence-corrected chi connectivity index (χ1v) is 6.73. The summed E-state index contributed by atoms with van der Waals surface area (Å²) in [5.74, 6) is -1.05. The van der Waals surface area contributed by atoms with Gasteiger partial charge in [0, 0.05) is 18.3 Å². The third kappa shape index (κ3) is 2.58. The molecule has 0 spiro atoms. The minimum absolute atomic E-state index is 0.0466. The molecule has 0 aliphatic heterocycles. The van der Waals surface area contributed by atoms with Crippen LogP contribution < -0.4 is 5.32 Å². The molecular formula is C15H19F2N3. The Morgan fingerprint density at radius 1 is 1.30 bits per heavy atom. The smallest absolute Gasteiger partial charge is 0.134 e. The Bertz CT molecular complexity index is 593. The van der Waals surface area contributed by atoms with E-state index in [0.717, 1.165) is 18.7 Å². The van der Waals surface area contributed by atoms with Crippen molar-refractivity contribution < 1.29 is 8.78 Å². The Balaban J connectivity index is 2.53. The van der Waals surface area contributed by atoms with E-state index in [1.165, 1.54) is 12.1 Å². The zero-order chi connectivity index (χ0) is 14.7. The van der Waals surface area contributed by atoms with Crippen LogP contribution in [-0.4, -0.2) is 16.8 Å². The molecule has 1 heterocycles. The van der Waals surface area contributed by atoms with E-state index in [0.29, 0.717) is 5.56 Å². The normalized spacial score (nSPS) is 12.7. The number of aryl methyl sites for hydroxylation is 2. The van der Waals surface area contributed by atoms with E-state index in [9.17, 15) is 8.78 Å². The first-order valence-electron chi connectivity index (χ1n) is 6.73. The van der Waals surface area contributed by atoms with Crippen LogP contribution in [0.2, 0.25) is 0 Å². The molecule has 0 radical (unpaired) electrons. The van der Waals surface area contributed by atoms with E-state index < -0.39 is 17.7 Å². The van der Waals surface area contributed by atoms with Crippen LogP contribution >= 0.6 is 0 Å². The minimum atomic E-state index is -0.552. The molecule has 0 saturated heterocycles. The Labute approximate surface area is 117 Å². The molecule has 20 heavy (non-hydrogen) atoms. The summed E-state index contributed by atoms with van der Waals surface area (Å²) in [5, 5.41) is 7.20. The summed E-state index contributed by atoms with van der Waals surface area (Å²) >= 11 is 0. The van der Waals surface area contributed by atoms with Crippen molar-refractivity contribution in [2.45, 2.75) is 32.9 Å². The molecule has 3 nitrogen and oxygen atoms in total. The molecule has 0 aliphatic carbocycles. The minimum Gasteiger partial charge on any atom is -0.308 e. The lowest BCUT2D eigenvalue weighted by molar-refractivity contribution is 0.486. The lowest BCUT2D eigenvalue weighted by atomic mass is 10.00. The van der Waals surface area contributed by atoms with Crippen LogP contribution in [0.15, 0.2) is 24.4 Å². The van der Waals surface area contributed by atoms with Crippen molar-refractivity contribution in [1.82, 2.24) is 15.1 Å². The van der Waals surface area contributed by atoms with Crippen molar-refractivity contribution in [3.63, 3.8) is 0 Å². The lowest BCUT2D eigenvalue weighted by Crippen LogP contribution is -2.24. The number of nitrogens with zero attached hydrogens (tertiary/aromatic N) is 2. The summed E-state index contributed by atoms with van der Waals surface area (Å²) in [6.07, 6.45) is 2.56. The van der Waals surface area contributed by atoms with E-state index >= 15 is 0 Å². The highest BCUT2D eigenvalue weighted by atomic mass is 19.1. The van der Waals surface area contributed by atoms with Gasteiger partial charge in [-0.25, -0.2) is 8.78 Å². The summed E-state index contributed by atoms with van der Waals surface area (Å²) in [6, 6.07) is 3.99. The Hall–Kier alpha value is -1.75. The van der Waals surface area contributed by atoms with E-state index in [-0.39, 0.29) is 5.56 Å². The van der Waals surface area contributed by atoms with Crippen LogP contribution in [0.5, 0.6) is 0 Å². The monoisotopic (exact) mass is 279 g/mol. The Morgan fingerprint density at radius 2 is 2.05 bits per heavy atom. The number of rotatable bonds is 5. The second-order valence-corrected chi connectivity index (χ2v) is 4.79. The SMILES string of the molecule is CCCn1nccc1C(NC)c1c(F)ccc(C)c1F. The number of benzene rings is 1. The molecule has 108 valence electrons. The maximum atomic E-state index is 14.3. The van der Waals surface area contributed by atoms with Gasteiger partial charge in [0.05, 0.1) is 11.7 Å². The molecule has 0 aliphatic rings. The zero-order valence-corrected chi connectivity index (χ0v) is 12.0. The fourth-order valence-corrected chi connectivity index (χ4v) is 2.37. The quantitative estimate of drug-likeness (QED) is 0.911. The molecule has 0 fully saturated rings. The predicted octanol–water partition coefficient (Wildman–Crippen LogP) is 3.19. The van der Waals surface area contributed by atoms with E-state index in [2.05, 4.69) is 10.4 Å². The number of halogens is 2. The van der Waals surface area contributed by atoms with Crippen LogP contribution in [0.3, 0.4) is 0 Å². The van der Waals surface area contributed by atoms with Crippen LogP contribution in [-0.2, 0) is 6.54 Å². The van der Waals surface area contributed by atoms with Gasteiger partial charge in [-0.15, -0.1) is 0 Å². The Morgan fingerprint density at radius 3 is 2.70 bits per heavy atom. The molecule has 1 N–H and O–H groups in total. The van der Waals surface area contributed by atoms with Crippen LogP contribution in [0.25, 0.3) is 0 Å². The molecule has 2 rings (SSSR count). The molecule has 2 aromatic rings. The third-order valence-electron chi connectivity index (χ3n) is 3.38. The topological polar surface area (TPSA) is 29.9 Å². The number of aromatic nitrogens is 2. The summed E-state index contributed by atoms with van der Waals surface area (Å²) in [5.41, 5.74) is 1.24. The third-order valence-corrected chi connectivity index (χ3v) is 3.38. The van der Waals surface area contributed by atoms with Crippen molar-refractivity contribution in [3.8, 4) is 0 Å². The zero-order valence-electron chi connectivity index (χ0n) is 12.0. The van der Waals surface area contributed by atoms with Crippen molar-refractivity contribution >= 4 is 0 Å². The van der Waals surface area contributed by atoms with Gasteiger partial charge >= 0.3 is 0 Å². The second kappa shape index (κ2) is 6.13. The van der Waals surface area contributed by atoms with Crippen LogP contribution in [0.4, 0.5) is 8.78 Å². The lowest BCUT2D eigenvalue weighted by Gasteiger charge is -2.20. The molecule has 5 heteroatoms. The van der Waals surface area contributed by atoms with Gasteiger partial charge in [0.25, 0.3) is 0 Å². The first kappa shape index (κ1) is 14.7. The first-order chi connectivity index (χ1) is 9.60. The summed E-state index contributed by atoms with van der Waals surface area (Å²) in [7, 11) is 1.69. The molecule has 1 atom stereocenters. The van der Waals surface area contributed by atoms with E-state index in [4.69, 9.17) is 0 Å². The van der Waals surface area contributed by atoms with E-state index in [1.807, 2.05) is 6.92 Å². The molecule has 0 bridgehead atoms. The van der Waals surface area contributed by atoms with Gasteiger partial charge in [-0.1, -0.05) is 13.0 Å². The molecule has 0 amide bonds. The van der Waals surface area contributed by atoms with Gasteiger partial charge in [0.15, 0.2) is 0 Å². The molecule has 1 aromatic heterocycles. The molecule has 0 saturated carbocycles. The van der Waals surface area contributed by atoms with Gasteiger partial charge in [-0.2, -0.15) is 5.10 Å². The second-order valence-electron chi connectivity index (χ2n) is 4.79. The molecule has 1 unspecified atom stereocenters. The van der Waals surface area contributed by atoms with Crippen molar-refractivity contribution in [1.29, 1.82) is 0 Å². The average Bonchev–Trinajstić information content (AvgIpc) is 2.88. The van der Waals surface area contributed by atoms with Gasteiger partial charge in [0.2, 0.25) is 0 Å². The number of hydrogen-bond donors (Lipinski definition) is 1. The largest absolute Gasteiger partial charge is 0.308 e. The summed E-state index contributed by atoms with van der Waals surface area (Å²) < 4.78 is 30.1. The summed E-state index contributed by atoms with van der Waals surface area (Å²) in [6.45, 7) is 4.39. The molecular weight excluding hydrogens is 260 g/mol. The fourth-order valence-electron chi connectivity index (χ4n) is 2.37. The van der Waals surface area contributed by atoms with Crippen LogP contribution in [0.1, 0.15) is 36.2 Å². The maximum absolute atomic E-state index is 14.3. The van der Waals surface area contributed by atoms with E-state index in [1.54, 1.807) is 30.9 Å². The standard InChI is InChI=1S/C15H19F2N3/c1-4-9-20-12(7-8-19-20)15(18-3)13-11(16)6-5-10(2)14(13)17/h5-8,15,18H,4,9H2,1-3H3. The highest BCUT2D eigenvalue weighted by Gasteiger charge is 2.24. The Kier molecular flexibility index (Phi) is 4.49. The highest BCUT2D eigenvalue weighted by molar-refractivity contribution is 5.34. The fraction of sp³-hybridized carbons (Fsp3) is 0.400. The van der Waals surface area contributed by atoms with Crippen molar-refractivity contribution in [3.05, 3.63) is 52.9 Å². The van der Waals surface area contributed by atoms with Gasteiger partial charge < -0.3 is 5.32 Å². The summed E-state index contributed by atoms with van der Waals surface area (Å²) in [4.78, 5) is 0. The van der Waals surface area contributed by atoms with Crippen molar-refractivity contribution in [2.24, 2.45) is 0 Å².